The topological polar surface area (TPSA) is 59.0 Å². The van der Waals surface area contributed by atoms with Crippen molar-refractivity contribution in [3.8, 4) is 0 Å². The summed E-state index contributed by atoms with van der Waals surface area (Å²) in [6.45, 7) is 4.73. The Balaban J connectivity index is 1.86. The van der Waals surface area contributed by atoms with Gasteiger partial charge in [-0.3, -0.25) is 9.48 Å². The minimum Gasteiger partial charge on any atom is -0.384 e. The molecule has 1 aromatic heterocycles. The number of anilines is 2. The van der Waals surface area contributed by atoms with Crippen LogP contribution < -0.4 is 10.6 Å². The first kappa shape index (κ1) is 12.7. The third-order valence-electron chi connectivity index (χ3n) is 3.81. The monoisotopic (exact) mass is 270 g/mol. The maximum absolute atomic E-state index is 12.4. The molecule has 5 nitrogen and oxygen atoms in total. The van der Waals surface area contributed by atoms with Crippen molar-refractivity contribution in [2.45, 2.75) is 20.3 Å². The number of rotatable bonds is 2. The molecular weight excluding hydrogens is 252 g/mol. The predicted octanol–water partition coefficient (Wildman–Crippen LogP) is 2.26. The number of benzene rings is 1. The lowest BCUT2D eigenvalue weighted by Gasteiger charge is -2.07. The molecule has 0 saturated carbocycles. The Bertz CT molecular complexity index is 687. The fourth-order valence-electron chi connectivity index (χ4n) is 2.68. The molecule has 104 valence electrons. The molecule has 0 aliphatic carbocycles. The SMILES string of the molecule is Cc1nn(C)c(C)c1C(=O)Nc1ccc2c(c1)CCN2. The first-order valence-electron chi connectivity index (χ1n) is 6.74. The lowest BCUT2D eigenvalue weighted by Crippen LogP contribution is -2.14. The summed E-state index contributed by atoms with van der Waals surface area (Å²) in [7, 11) is 1.85. The summed E-state index contributed by atoms with van der Waals surface area (Å²) in [5, 5.41) is 10.5. The minimum atomic E-state index is -0.0981. The fraction of sp³-hybridized carbons (Fsp3) is 0.333. The zero-order valence-corrected chi connectivity index (χ0v) is 11.9. The van der Waals surface area contributed by atoms with Crippen LogP contribution in [0.1, 0.15) is 27.3 Å². The standard InChI is InChI=1S/C15H18N4O/c1-9-14(10(2)19(3)18-9)15(20)17-12-4-5-13-11(8-12)6-7-16-13/h4-5,8,16H,6-7H2,1-3H3,(H,17,20). The van der Waals surface area contributed by atoms with Crippen molar-refractivity contribution in [3.05, 3.63) is 40.7 Å². The van der Waals surface area contributed by atoms with E-state index in [0.717, 1.165) is 35.7 Å². The Labute approximate surface area is 118 Å². The quantitative estimate of drug-likeness (QED) is 0.880. The Kier molecular flexibility index (Phi) is 2.97. The molecule has 2 N–H and O–H groups in total. The van der Waals surface area contributed by atoms with Gasteiger partial charge in [-0.2, -0.15) is 5.10 Å². The van der Waals surface area contributed by atoms with Gasteiger partial charge in [0.1, 0.15) is 0 Å². The van der Waals surface area contributed by atoms with E-state index >= 15 is 0 Å². The maximum Gasteiger partial charge on any atom is 0.259 e. The highest BCUT2D eigenvalue weighted by Gasteiger charge is 2.18. The van der Waals surface area contributed by atoms with Crippen LogP contribution in [0.5, 0.6) is 0 Å². The van der Waals surface area contributed by atoms with Crippen LogP contribution in [0.3, 0.4) is 0 Å². The van der Waals surface area contributed by atoms with Crippen molar-refractivity contribution in [2.24, 2.45) is 7.05 Å². The highest BCUT2D eigenvalue weighted by atomic mass is 16.1. The predicted molar refractivity (Wildman–Crippen MR) is 79.3 cm³/mol. The molecule has 1 aliphatic rings. The van der Waals surface area contributed by atoms with E-state index in [1.165, 1.54) is 5.56 Å². The van der Waals surface area contributed by atoms with Gasteiger partial charge in [-0.15, -0.1) is 0 Å². The van der Waals surface area contributed by atoms with Crippen molar-refractivity contribution < 1.29 is 4.79 Å². The minimum absolute atomic E-state index is 0.0981. The van der Waals surface area contributed by atoms with Crippen LogP contribution >= 0.6 is 0 Å². The number of aryl methyl sites for hydroxylation is 2. The largest absolute Gasteiger partial charge is 0.384 e. The molecule has 0 fully saturated rings. The lowest BCUT2D eigenvalue weighted by molar-refractivity contribution is 0.102. The van der Waals surface area contributed by atoms with Gasteiger partial charge in [0.05, 0.1) is 11.3 Å². The van der Waals surface area contributed by atoms with Gasteiger partial charge >= 0.3 is 0 Å². The number of hydrogen-bond donors (Lipinski definition) is 2. The lowest BCUT2D eigenvalue weighted by atomic mass is 10.1. The van der Waals surface area contributed by atoms with E-state index in [1.807, 2.05) is 39.1 Å². The molecule has 3 rings (SSSR count). The summed E-state index contributed by atoms with van der Waals surface area (Å²) in [6.07, 6.45) is 1.00. The van der Waals surface area contributed by atoms with Gasteiger partial charge in [0.15, 0.2) is 0 Å². The van der Waals surface area contributed by atoms with Crippen LogP contribution in [0.2, 0.25) is 0 Å². The maximum atomic E-state index is 12.4. The molecule has 0 saturated heterocycles. The molecule has 0 spiro atoms. The van der Waals surface area contributed by atoms with Crippen LogP contribution in [-0.4, -0.2) is 22.2 Å². The van der Waals surface area contributed by atoms with Crippen molar-refractivity contribution >= 4 is 17.3 Å². The Hall–Kier alpha value is -2.30. The van der Waals surface area contributed by atoms with Crippen LogP contribution in [-0.2, 0) is 13.5 Å². The summed E-state index contributed by atoms with van der Waals surface area (Å²) in [5.41, 5.74) is 5.54. The number of aromatic nitrogens is 2. The summed E-state index contributed by atoms with van der Waals surface area (Å²) in [4.78, 5) is 12.4. The normalized spacial score (nSPS) is 12.9. The van der Waals surface area contributed by atoms with E-state index in [4.69, 9.17) is 0 Å². The fourth-order valence-corrected chi connectivity index (χ4v) is 2.68. The highest BCUT2D eigenvalue weighted by Crippen LogP contribution is 2.25. The number of hydrogen-bond acceptors (Lipinski definition) is 3. The zero-order chi connectivity index (χ0) is 14.3. The highest BCUT2D eigenvalue weighted by molar-refractivity contribution is 6.06. The van der Waals surface area contributed by atoms with Crippen LogP contribution in [0, 0.1) is 13.8 Å². The summed E-state index contributed by atoms with van der Waals surface area (Å²) in [6, 6.07) is 5.98. The van der Waals surface area contributed by atoms with E-state index < -0.39 is 0 Å². The second-order valence-corrected chi connectivity index (χ2v) is 5.17. The molecule has 1 amide bonds. The van der Waals surface area contributed by atoms with Crippen LogP contribution in [0.4, 0.5) is 11.4 Å². The van der Waals surface area contributed by atoms with Crippen molar-refractivity contribution in [3.63, 3.8) is 0 Å². The van der Waals surface area contributed by atoms with E-state index in [0.29, 0.717) is 5.56 Å². The molecular formula is C15H18N4O. The molecule has 0 radical (unpaired) electrons. The second-order valence-electron chi connectivity index (χ2n) is 5.17. The number of amides is 1. The number of carbonyl (C=O) groups excluding carboxylic acids is 1. The van der Waals surface area contributed by atoms with Crippen molar-refractivity contribution in [2.75, 3.05) is 17.2 Å². The molecule has 0 atom stereocenters. The van der Waals surface area contributed by atoms with Gasteiger partial charge in [0, 0.05) is 30.7 Å². The molecule has 5 heteroatoms. The van der Waals surface area contributed by atoms with Gasteiger partial charge in [-0.25, -0.2) is 0 Å². The summed E-state index contributed by atoms with van der Waals surface area (Å²) >= 11 is 0. The first-order valence-corrected chi connectivity index (χ1v) is 6.74. The summed E-state index contributed by atoms with van der Waals surface area (Å²) in [5.74, 6) is -0.0981. The van der Waals surface area contributed by atoms with Crippen LogP contribution in [0.15, 0.2) is 18.2 Å². The third-order valence-corrected chi connectivity index (χ3v) is 3.81. The van der Waals surface area contributed by atoms with E-state index in [9.17, 15) is 4.79 Å². The number of carbonyl (C=O) groups is 1. The van der Waals surface area contributed by atoms with Crippen molar-refractivity contribution in [1.29, 1.82) is 0 Å². The smallest absolute Gasteiger partial charge is 0.259 e. The van der Waals surface area contributed by atoms with Gasteiger partial charge in [-0.1, -0.05) is 0 Å². The number of nitrogens with zero attached hydrogens (tertiary/aromatic N) is 2. The van der Waals surface area contributed by atoms with Crippen molar-refractivity contribution in [1.82, 2.24) is 9.78 Å². The van der Waals surface area contributed by atoms with Crippen LogP contribution in [0.25, 0.3) is 0 Å². The number of fused-ring (bicyclic) bond motifs is 1. The Morgan fingerprint density at radius 3 is 2.90 bits per heavy atom. The molecule has 2 aromatic rings. The zero-order valence-electron chi connectivity index (χ0n) is 11.9. The molecule has 1 aromatic carbocycles. The van der Waals surface area contributed by atoms with Gasteiger partial charge in [0.25, 0.3) is 5.91 Å². The van der Waals surface area contributed by atoms with E-state index in [1.54, 1.807) is 4.68 Å². The second kappa shape index (κ2) is 4.67. The van der Waals surface area contributed by atoms with Gasteiger partial charge < -0.3 is 10.6 Å². The van der Waals surface area contributed by atoms with Gasteiger partial charge in [0.2, 0.25) is 0 Å². The average Bonchev–Trinajstić information content (AvgIpc) is 2.94. The van der Waals surface area contributed by atoms with E-state index in [-0.39, 0.29) is 5.91 Å². The molecule has 0 unspecified atom stereocenters. The molecule has 20 heavy (non-hydrogen) atoms. The third kappa shape index (κ3) is 2.05. The van der Waals surface area contributed by atoms with Gasteiger partial charge in [-0.05, 0) is 44.0 Å². The molecule has 0 bridgehead atoms. The first-order chi connectivity index (χ1) is 9.56. The molecule has 1 aliphatic heterocycles. The Morgan fingerprint density at radius 1 is 1.40 bits per heavy atom. The molecule has 2 heterocycles. The Morgan fingerprint density at radius 2 is 2.20 bits per heavy atom. The average molecular weight is 270 g/mol. The summed E-state index contributed by atoms with van der Waals surface area (Å²) < 4.78 is 1.73. The van der Waals surface area contributed by atoms with E-state index in [2.05, 4.69) is 15.7 Å². The number of nitrogens with one attached hydrogen (secondary N) is 2.